The number of carbonyl (C=O) groups excluding carboxylic acids is 2. The molecule has 28 heavy (non-hydrogen) atoms. The summed E-state index contributed by atoms with van der Waals surface area (Å²) in [6.07, 6.45) is 1.46. The molecule has 0 saturated carbocycles. The monoisotopic (exact) mass is 395 g/mol. The third kappa shape index (κ3) is 4.86. The zero-order valence-electron chi connectivity index (χ0n) is 15.1. The largest absolute Gasteiger partial charge is 0.462 e. The molecule has 0 radical (unpaired) electrons. The zero-order valence-corrected chi connectivity index (χ0v) is 15.9. The lowest BCUT2D eigenvalue weighted by atomic mass is 10.1. The van der Waals surface area contributed by atoms with Crippen molar-refractivity contribution in [2.75, 3.05) is 17.2 Å². The minimum atomic E-state index is -0.487. The lowest BCUT2D eigenvalue weighted by Crippen LogP contribution is -2.16. The van der Waals surface area contributed by atoms with Crippen LogP contribution in [0.4, 0.5) is 17.2 Å². The Morgan fingerprint density at radius 3 is 2.46 bits per heavy atom. The van der Waals surface area contributed by atoms with E-state index in [4.69, 9.17) is 16.3 Å². The van der Waals surface area contributed by atoms with Gasteiger partial charge in [-0.3, -0.25) is 4.79 Å². The van der Waals surface area contributed by atoms with Crippen LogP contribution in [-0.4, -0.2) is 23.5 Å². The third-order valence-corrected chi connectivity index (χ3v) is 4.06. The van der Waals surface area contributed by atoms with Crippen LogP contribution in [0.2, 0.25) is 5.02 Å². The number of rotatable bonds is 6. The molecule has 7 heteroatoms. The molecule has 1 heterocycles. The van der Waals surface area contributed by atoms with Crippen LogP contribution >= 0.6 is 11.6 Å². The van der Waals surface area contributed by atoms with Crippen molar-refractivity contribution in [2.45, 2.75) is 6.92 Å². The van der Waals surface area contributed by atoms with Crippen LogP contribution in [0.1, 0.15) is 27.6 Å². The molecule has 0 aliphatic rings. The summed E-state index contributed by atoms with van der Waals surface area (Å²) in [6.45, 7) is 1.98. The predicted molar refractivity (Wildman–Crippen MR) is 109 cm³/mol. The van der Waals surface area contributed by atoms with Gasteiger partial charge in [-0.2, -0.15) is 0 Å². The van der Waals surface area contributed by atoms with Crippen molar-refractivity contribution in [2.24, 2.45) is 0 Å². The van der Waals surface area contributed by atoms with Gasteiger partial charge in [0.1, 0.15) is 5.82 Å². The molecule has 1 amide bonds. The van der Waals surface area contributed by atoms with E-state index >= 15 is 0 Å². The fourth-order valence-electron chi connectivity index (χ4n) is 2.46. The Balaban J connectivity index is 1.70. The Labute approximate surface area is 167 Å². The van der Waals surface area contributed by atoms with Gasteiger partial charge in [0.25, 0.3) is 5.91 Å². The SMILES string of the molecule is CCOC(=O)c1ccccc1NC(=O)c1ccc(Nc2ccc(Cl)cc2)nc1. The number of amides is 1. The number of esters is 1. The molecule has 2 aromatic carbocycles. The smallest absolute Gasteiger partial charge is 0.340 e. The third-order valence-electron chi connectivity index (χ3n) is 3.81. The van der Waals surface area contributed by atoms with Crippen LogP contribution in [0.5, 0.6) is 0 Å². The normalized spacial score (nSPS) is 10.2. The number of ether oxygens (including phenoxy) is 1. The van der Waals surface area contributed by atoms with Gasteiger partial charge in [-0.15, -0.1) is 0 Å². The van der Waals surface area contributed by atoms with Crippen molar-refractivity contribution >= 4 is 40.7 Å². The van der Waals surface area contributed by atoms with E-state index in [0.717, 1.165) is 5.69 Å². The van der Waals surface area contributed by atoms with Crippen LogP contribution in [0.3, 0.4) is 0 Å². The summed E-state index contributed by atoms with van der Waals surface area (Å²) in [4.78, 5) is 28.8. The molecule has 2 N–H and O–H groups in total. The van der Waals surface area contributed by atoms with E-state index in [2.05, 4.69) is 15.6 Å². The average Bonchev–Trinajstić information content (AvgIpc) is 2.71. The van der Waals surface area contributed by atoms with Crippen LogP contribution in [0.25, 0.3) is 0 Å². The number of para-hydroxylation sites is 1. The molecule has 0 bridgehead atoms. The first-order valence-electron chi connectivity index (χ1n) is 8.63. The van der Waals surface area contributed by atoms with Crippen molar-refractivity contribution in [1.29, 1.82) is 0 Å². The van der Waals surface area contributed by atoms with E-state index in [1.165, 1.54) is 6.20 Å². The van der Waals surface area contributed by atoms with E-state index in [1.807, 2.05) is 12.1 Å². The molecule has 0 atom stereocenters. The van der Waals surface area contributed by atoms with Crippen molar-refractivity contribution in [1.82, 2.24) is 4.98 Å². The number of hydrogen-bond acceptors (Lipinski definition) is 5. The summed E-state index contributed by atoms with van der Waals surface area (Å²) in [6, 6.07) is 17.2. The molecule has 0 saturated heterocycles. The number of anilines is 3. The second-order valence-corrected chi connectivity index (χ2v) is 6.22. The van der Waals surface area contributed by atoms with E-state index < -0.39 is 5.97 Å². The molecule has 0 spiro atoms. The summed E-state index contributed by atoms with van der Waals surface area (Å²) in [5, 5.41) is 6.50. The highest BCUT2D eigenvalue weighted by atomic mass is 35.5. The molecule has 142 valence electrons. The van der Waals surface area contributed by atoms with Gasteiger partial charge in [0.15, 0.2) is 0 Å². The topological polar surface area (TPSA) is 80.3 Å². The molecular weight excluding hydrogens is 378 g/mol. The van der Waals surface area contributed by atoms with Crippen molar-refractivity contribution in [3.63, 3.8) is 0 Å². The maximum Gasteiger partial charge on any atom is 0.340 e. The van der Waals surface area contributed by atoms with Crippen molar-refractivity contribution in [3.8, 4) is 0 Å². The van der Waals surface area contributed by atoms with E-state index in [0.29, 0.717) is 27.7 Å². The Morgan fingerprint density at radius 2 is 1.79 bits per heavy atom. The van der Waals surface area contributed by atoms with E-state index in [-0.39, 0.29) is 12.5 Å². The van der Waals surface area contributed by atoms with Gasteiger partial charge in [-0.25, -0.2) is 9.78 Å². The molecule has 0 unspecified atom stereocenters. The maximum absolute atomic E-state index is 12.5. The lowest BCUT2D eigenvalue weighted by Gasteiger charge is -2.11. The number of pyridine rings is 1. The van der Waals surface area contributed by atoms with Gasteiger partial charge < -0.3 is 15.4 Å². The Kier molecular flexibility index (Phi) is 6.24. The number of nitrogens with one attached hydrogen (secondary N) is 2. The molecule has 6 nitrogen and oxygen atoms in total. The lowest BCUT2D eigenvalue weighted by molar-refractivity contribution is 0.0527. The van der Waals surface area contributed by atoms with Gasteiger partial charge in [0, 0.05) is 16.9 Å². The fraction of sp³-hybridized carbons (Fsp3) is 0.0952. The summed E-state index contributed by atoms with van der Waals surface area (Å²) < 4.78 is 5.02. The number of hydrogen-bond donors (Lipinski definition) is 2. The highest BCUT2D eigenvalue weighted by Crippen LogP contribution is 2.19. The summed E-state index contributed by atoms with van der Waals surface area (Å²) >= 11 is 5.87. The average molecular weight is 396 g/mol. The second-order valence-electron chi connectivity index (χ2n) is 5.78. The van der Waals surface area contributed by atoms with Gasteiger partial charge in [0.05, 0.1) is 23.4 Å². The molecule has 0 aliphatic carbocycles. The number of nitrogens with zero attached hydrogens (tertiary/aromatic N) is 1. The van der Waals surface area contributed by atoms with Crippen LogP contribution < -0.4 is 10.6 Å². The van der Waals surface area contributed by atoms with E-state index in [1.54, 1.807) is 55.5 Å². The maximum atomic E-state index is 12.5. The molecule has 3 rings (SSSR count). The van der Waals surface area contributed by atoms with Gasteiger partial charge in [-0.1, -0.05) is 23.7 Å². The zero-order chi connectivity index (χ0) is 19.9. The fourth-order valence-corrected chi connectivity index (χ4v) is 2.58. The Hall–Kier alpha value is -3.38. The van der Waals surface area contributed by atoms with Crippen molar-refractivity contribution in [3.05, 3.63) is 83.0 Å². The number of carbonyl (C=O) groups is 2. The second kappa shape index (κ2) is 9.01. The minimum absolute atomic E-state index is 0.257. The molecule has 1 aromatic heterocycles. The number of halogens is 1. The first-order chi connectivity index (χ1) is 13.6. The highest BCUT2D eigenvalue weighted by molar-refractivity contribution is 6.30. The Bertz CT molecular complexity index is 973. The van der Waals surface area contributed by atoms with Crippen molar-refractivity contribution < 1.29 is 14.3 Å². The first-order valence-corrected chi connectivity index (χ1v) is 9.00. The molecular formula is C21H18ClN3O3. The quantitative estimate of drug-likeness (QED) is 0.580. The summed E-state index contributed by atoms with van der Waals surface area (Å²) in [5.41, 5.74) is 1.87. The van der Waals surface area contributed by atoms with Gasteiger partial charge in [0.2, 0.25) is 0 Å². The van der Waals surface area contributed by atoms with Gasteiger partial charge in [-0.05, 0) is 55.5 Å². The van der Waals surface area contributed by atoms with Gasteiger partial charge >= 0.3 is 5.97 Å². The van der Waals surface area contributed by atoms with E-state index in [9.17, 15) is 9.59 Å². The van der Waals surface area contributed by atoms with Crippen LogP contribution in [0.15, 0.2) is 66.9 Å². The van der Waals surface area contributed by atoms with Crippen LogP contribution in [0, 0.1) is 0 Å². The summed E-state index contributed by atoms with van der Waals surface area (Å²) in [5.74, 6) is -0.271. The minimum Gasteiger partial charge on any atom is -0.462 e. The Morgan fingerprint density at radius 1 is 1.04 bits per heavy atom. The van der Waals surface area contributed by atoms with Crippen LogP contribution in [-0.2, 0) is 4.74 Å². The molecule has 0 fully saturated rings. The predicted octanol–water partition coefficient (Wildman–Crippen LogP) is 4.91. The molecule has 0 aliphatic heterocycles. The highest BCUT2D eigenvalue weighted by Gasteiger charge is 2.15. The first kappa shape index (κ1) is 19.4. The number of benzene rings is 2. The number of aromatic nitrogens is 1. The standard InChI is InChI=1S/C21H18ClN3O3/c1-2-28-21(27)17-5-3-4-6-18(17)25-20(26)14-7-12-19(23-13-14)24-16-10-8-15(22)9-11-16/h3-13H,2H2,1H3,(H,23,24)(H,25,26). The summed E-state index contributed by atoms with van der Waals surface area (Å²) in [7, 11) is 0. The molecule has 3 aromatic rings.